The molecule has 4 nitrogen and oxygen atoms in total. The van der Waals surface area contributed by atoms with Crippen molar-refractivity contribution < 1.29 is 19.0 Å². The van der Waals surface area contributed by atoms with E-state index in [1.807, 2.05) is 26.0 Å². The lowest BCUT2D eigenvalue weighted by Crippen LogP contribution is -2.41. The van der Waals surface area contributed by atoms with Crippen LogP contribution in [0.1, 0.15) is 13.8 Å². The van der Waals surface area contributed by atoms with E-state index in [-0.39, 0.29) is 12.2 Å². The summed E-state index contributed by atoms with van der Waals surface area (Å²) in [4.78, 5) is 10.9. The highest BCUT2D eigenvalue weighted by Gasteiger charge is 2.67. The molecule has 0 aromatic carbocycles. The number of rotatable bonds is 0. The van der Waals surface area contributed by atoms with E-state index in [4.69, 9.17) is 14.2 Å². The fourth-order valence-electron chi connectivity index (χ4n) is 2.37. The third kappa shape index (κ3) is 0.682. The van der Waals surface area contributed by atoms with Crippen molar-refractivity contribution >= 4 is 6.16 Å². The quantitative estimate of drug-likeness (QED) is 0.414. The molecular weight excluding hydrogens is 172 g/mol. The summed E-state index contributed by atoms with van der Waals surface area (Å²) >= 11 is 0. The normalized spacial score (nSPS) is 56.3. The minimum absolute atomic E-state index is 0.282. The van der Waals surface area contributed by atoms with Crippen LogP contribution in [0.25, 0.3) is 0 Å². The van der Waals surface area contributed by atoms with Gasteiger partial charge in [0.1, 0.15) is 11.2 Å². The molecule has 0 aromatic heterocycles. The van der Waals surface area contributed by atoms with Crippen molar-refractivity contribution in [2.45, 2.75) is 37.3 Å². The van der Waals surface area contributed by atoms with Crippen LogP contribution in [0.4, 0.5) is 4.79 Å². The van der Waals surface area contributed by atoms with Gasteiger partial charge >= 0.3 is 6.16 Å². The second kappa shape index (κ2) is 1.75. The lowest BCUT2D eigenvalue weighted by Gasteiger charge is -2.21. The highest BCUT2D eigenvalue weighted by molar-refractivity contribution is 5.64. The minimum atomic E-state index is -0.584. The molecule has 70 valence electrons. The van der Waals surface area contributed by atoms with Gasteiger partial charge in [-0.2, -0.15) is 0 Å². The number of hydrogen-bond donors (Lipinski definition) is 0. The third-order valence-corrected chi connectivity index (χ3v) is 3.04. The summed E-state index contributed by atoms with van der Waals surface area (Å²) in [5.41, 5.74) is -0.989. The first-order valence-electron chi connectivity index (χ1n) is 4.31. The monoisotopic (exact) mass is 182 g/mol. The van der Waals surface area contributed by atoms with E-state index in [0.29, 0.717) is 0 Å². The summed E-state index contributed by atoms with van der Waals surface area (Å²) in [6.45, 7) is 3.81. The van der Waals surface area contributed by atoms with Gasteiger partial charge in [0.05, 0.1) is 0 Å². The van der Waals surface area contributed by atoms with E-state index in [1.54, 1.807) is 0 Å². The maximum Gasteiger partial charge on any atom is 0.509 e. The Morgan fingerprint density at radius 3 is 2.08 bits per heavy atom. The predicted molar refractivity (Wildman–Crippen MR) is 42.2 cm³/mol. The molecule has 0 spiro atoms. The molecule has 2 fully saturated rings. The summed E-state index contributed by atoms with van der Waals surface area (Å²) in [7, 11) is 0. The smallest absolute Gasteiger partial charge is 0.423 e. The van der Waals surface area contributed by atoms with Crippen LogP contribution in [0.3, 0.4) is 0 Å². The molecule has 0 saturated carbocycles. The molecule has 0 radical (unpaired) electrons. The van der Waals surface area contributed by atoms with E-state index < -0.39 is 17.4 Å². The Labute approximate surface area is 75.5 Å². The summed E-state index contributed by atoms with van der Waals surface area (Å²) in [6.07, 6.45) is 2.73. The molecule has 3 rings (SSSR count). The number of fused-ring (bicyclic) bond motifs is 5. The lowest BCUT2D eigenvalue weighted by atomic mass is 9.85. The molecule has 4 heteroatoms. The van der Waals surface area contributed by atoms with Gasteiger partial charge in [0.15, 0.2) is 12.2 Å². The number of ether oxygens (including phenoxy) is 3. The summed E-state index contributed by atoms with van der Waals surface area (Å²) in [5.74, 6) is 0. The summed E-state index contributed by atoms with van der Waals surface area (Å²) < 4.78 is 15.8. The Hall–Kier alpha value is -1.03. The lowest BCUT2D eigenvalue weighted by molar-refractivity contribution is -0.0671. The van der Waals surface area contributed by atoms with Crippen molar-refractivity contribution in [2.24, 2.45) is 0 Å². The highest BCUT2D eigenvalue weighted by atomic mass is 16.8. The van der Waals surface area contributed by atoms with Gasteiger partial charge in [0.25, 0.3) is 0 Å². The molecule has 0 amide bonds. The molecule has 3 heterocycles. The van der Waals surface area contributed by atoms with Gasteiger partial charge in [-0.1, -0.05) is 12.2 Å². The van der Waals surface area contributed by atoms with E-state index in [2.05, 4.69) is 0 Å². The van der Waals surface area contributed by atoms with Gasteiger partial charge < -0.3 is 14.2 Å². The Bertz CT molecular complexity index is 296. The average Bonchev–Trinajstić information content (AvgIpc) is 2.59. The summed E-state index contributed by atoms with van der Waals surface area (Å²) in [6, 6.07) is 0. The van der Waals surface area contributed by atoms with Crippen LogP contribution in [0.2, 0.25) is 0 Å². The van der Waals surface area contributed by atoms with Crippen molar-refractivity contribution in [3.8, 4) is 0 Å². The first kappa shape index (κ1) is 7.38. The Morgan fingerprint density at radius 1 is 1.15 bits per heavy atom. The molecule has 2 saturated heterocycles. The zero-order chi connectivity index (χ0) is 9.27. The Morgan fingerprint density at radius 2 is 1.62 bits per heavy atom. The first-order chi connectivity index (χ1) is 6.04. The van der Waals surface area contributed by atoms with Gasteiger partial charge in [-0.25, -0.2) is 4.79 Å². The zero-order valence-corrected chi connectivity index (χ0v) is 7.44. The topological polar surface area (TPSA) is 44.8 Å². The minimum Gasteiger partial charge on any atom is -0.423 e. The predicted octanol–water partition coefficient (Wildman–Crippen LogP) is 1.01. The summed E-state index contributed by atoms with van der Waals surface area (Å²) in [5, 5.41) is 0. The van der Waals surface area contributed by atoms with E-state index in [9.17, 15) is 4.79 Å². The highest BCUT2D eigenvalue weighted by Crippen LogP contribution is 2.50. The van der Waals surface area contributed by atoms with Crippen LogP contribution in [0, 0.1) is 0 Å². The van der Waals surface area contributed by atoms with Gasteiger partial charge in [-0.15, -0.1) is 0 Å². The van der Waals surface area contributed by atoms with E-state index in [1.165, 1.54) is 0 Å². The van der Waals surface area contributed by atoms with Crippen molar-refractivity contribution in [3.63, 3.8) is 0 Å². The molecule has 3 aliphatic heterocycles. The zero-order valence-electron chi connectivity index (χ0n) is 7.44. The Balaban J connectivity index is 2.08. The van der Waals surface area contributed by atoms with Crippen molar-refractivity contribution in [2.75, 3.05) is 0 Å². The van der Waals surface area contributed by atoms with Crippen LogP contribution >= 0.6 is 0 Å². The maximum atomic E-state index is 10.9. The molecule has 0 N–H and O–H groups in total. The fourth-order valence-corrected chi connectivity index (χ4v) is 2.37. The maximum absolute atomic E-state index is 10.9. The second-order valence-corrected chi connectivity index (χ2v) is 4.13. The molecule has 4 atom stereocenters. The molecule has 0 unspecified atom stereocenters. The van der Waals surface area contributed by atoms with Crippen LogP contribution in [-0.2, 0) is 14.2 Å². The molecule has 3 aliphatic rings. The van der Waals surface area contributed by atoms with Gasteiger partial charge in [-0.3, -0.25) is 0 Å². The van der Waals surface area contributed by atoms with E-state index >= 15 is 0 Å². The second-order valence-electron chi connectivity index (χ2n) is 4.13. The van der Waals surface area contributed by atoms with Crippen LogP contribution in [0.5, 0.6) is 0 Å². The Kier molecular flexibility index (Phi) is 0.993. The largest absolute Gasteiger partial charge is 0.509 e. The molecule has 0 aromatic rings. The van der Waals surface area contributed by atoms with Crippen molar-refractivity contribution in [1.29, 1.82) is 0 Å². The first-order valence-corrected chi connectivity index (χ1v) is 4.31. The molecule has 0 aliphatic carbocycles. The van der Waals surface area contributed by atoms with Crippen LogP contribution < -0.4 is 0 Å². The van der Waals surface area contributed by atoms with Crippen LogP contribution in [0.15, 0.2) is 12.2 Å². The molecule has 2 bridgehead atoms. The number of hydrogen-bond acceptors (Lipinski definition) is 4. The van der Waals surface area contributed by atoms with Crippen LogP contribution in [-0.4, -0.2) is 29.6 Å². The standard InChI is InChI=1S/C9H10O4/c1-8-3-4-9(2,13-8)6-5(8)11-7(10)12-6/h3-6H,1-2H3/t5-,6+,8+,9-. The number of carbonyl (C=O) groups excluding carboxylic acids is 1. The van der Waals surface area contributed by atoms with E-state index in [0.717, 1.165) is 0 Å². The fraction of sp³-hybridized carbons (Fsp3) is 0.667. The van der Waals surface area contributed by atoms with Gasteiger partial charge in [-0.05, 0) is 13.8 Å². The van der Waals surface area contributed by atoms with Gasteiger partial charge in [0.2, 0.25) is 0 Å². The SMILES string of the molecule is C[C@]12C=C[C@](C)(O1)[C@@H]1OC(=O)O[C@@H]12. The van der Waals surface area contributed by atoms with Crippen molar-refractivity contribution in [1.82, 2.24) is 0 Å². The third-order valence-electron chi connectivity index (χ3n) is 3.04. The molecule has 13 heavy (non-hydrogen) atoms. The average molecular weight is 182 g/mol. The van der Waals surface area contributed by atoms with Gasteiger partial charge in [0, 0.05) is 0 Å². The molecular formula is C9H10O4. The van der Waals surface area contributed by atoms with Crippen molar-refractivity contribution in [3.05, 3.63) is 12.2 Å². The number of carbonyl (C=O) groups is 1.